The number of nitrogens with zero attached hydrogens (tertiary/aromatic N) is 1. The van der Waals surface area contributed by atoms with Gasteiger partial charge in [0.25, 0.3) is 5.91 Å². The van der Waals surface area contributed by atoms with E-state index in [9.17, 15) is 4.79 Å². The maximum atomic E-state index is 11.8. The molecule has 1 aromatic rings. The summed E-state index contributed by atoms with van der Waals surface area (Å²) in [6, 6.07) is 1.65. The van der Waals surface area contributed by atoms with E-state index in [4.69, 9.17) is 5.11 Å². The highest BCUT2D eigenvalue weighted by Gasteiger charge is 2.19. The first-order chi connectivity index (χ1) is 8.12. The third-order valence-corrected chi connectivity index (χ3v) is 3.81. The van der Waals surface area contributed by atoms with Crippen LogP contribution in [-0.2, 0) is 6.42 Å². The number of aryl methyl sites for hydroxylation is 1. The Kier molecular flexibility index (Phi) is 5.50. The van der Waals surface area contributed by atoms with Crippen molar-refractivity contribution in [1.29, 1.82) is 0 Å². The van der Waals surface area contributed by atoms with Gasteiger partial charge in [-0.05, 0) is 25.7 Å². The first-order valence-corrected chi connectivity index (χ1v) is 6.90. The monoisotopic (exact) mass is 257 g/mol. The van der Waals surface area contributed by atoms with E-state index in [2.05, 4.69) is 15.5 Å². The molecule has 2 unspecified atom stereocenters. The van der Waals surface area contributed by atoms with Crippen LogP contribution in [0.2, 0.25) is 0 Å². The van der Waals surface area contributed by atoms with E-state index in [1.165, 1.54) is 11.8 Å². The van der Waals surface area contributed by atoms with Crippen LogP contribution >= 0.6 is 11.8 Å². The number of aromatic amines is 1. The third kappa shape index (κ3) is 3.74. The second kappa shape index (κ2) is 6.66. The molecular formula is C11H19N3O2S. The molecule has 1 amide bonds. The first kappa shape index (κ1) is 14.1. The lowest BCUT2D eigenvalue weighted by atomic mass is 10.2. The van der Waals surface area contributed by atoms with Crippen LogP contribution in [-0.4, -0.2) is 45.4 Å². The number of carbonyl (C=O) groups is 1. The highest BCUT2D eigenvalue weighted by Crippen LogP contribution is 2.11. The van der Waals surface area contributed by atoms with E-state index in [0.29, 0.717) is 5.69 Å². The van der Waals surface area contributed by atoms with Crippen molar-refractivity contribution in [3.63, 3.8) is 0 Å². The molecule has 2 atom stereocenters. The van der Waals surface area contributed by atoms with Crippen molar-refractivity contribution >= 4 is 17.7 Å². The molecule has 3 N–H and O–H groups in total. The fourth-order valence-corrected chi connectivity index (χ4v) is 2.09. The van der Waals surface area contributed by atoms with E-state index in [1.54, 1.807) is 6.07 Å². The molecule has 6 heteroatoms. The van der Waals surface area contributed by atoms with Crippen molar-refractivity contribution in [2.75, 3.05) is 12.9 Å². The van der Waals surface area contributed by atoms with Gasteiger partial charge >= 0.3 is 0 Å². The maximum Gasteiger partial charge on any atom is 0.272 e. The number of aliphatic hydroxyl groups is 1. The van der Waals surface area contributed by atoms with Gasteiger partial charge in [-0.25, -0.2) is 0 Å². The topological polar surface area (TPSA) is 78.0 Å². The zero-order chi connectivity index (χ0) is 12.8. The van der Waals surface area contributed by atoms with Crippen LogP contribution in [0.15, 0.2) is 6.07 Å². The predicted octanol–water partition coefficient (Wildman–Crippen LogP) is 0.814. The molecule has 0 bridgehead atoms. The molecule has 5 nitrogen and oxygen atoms in total. The predicted molar refractivity (Wildman–Crippen MR) is 69.3 cm³/mol. The number of carbonyl (C=O) groups excluding carboxylic acids is 1. The number of H-pyrrole nitrogens is 1. The van der Waals surface area contributed by atoms with Crippen LogP contribution in [0.25, 0.3) is 0 Å². The average Bonchev–Trinajstić information content (AvgIpc) is 2.79. The van der Waals surface area contributed by atoms with E-state index < -0.39 is 0 Å². The lowest BCUT2D eigenvalue weighted by Crippen LogP contribution is -2.41. The Hall–Kier alpha value is -1.01. The summed E-state index contributed by atoms with van der Waals surface area (Å²) < 4.78 is 0. The molecule has 0 fully saturated rings. The van der Waals surface area contributed by atoms with Gasteiger partial charge in [-0.15, -0.1) is 0 Å². The second-order valence-electron chi connectivity index (χ2n) is 3.85. The highest BCUT2D eigenvalue weighted by molar-refractivity contribution is 7.99. The Morgan fingerprint density at radius 2 is 2.41 bits per heavy atom. The Balaban J connectivity index is 2.59. The standard InChI is InChI=1S/C11H19N3O2S/c1-4-8-5-9(14-13-8)11(16)12-7(2)10(6-15)17-3/h5,7,10,15H,4,6H2,1-3H3,(H,12,16)(H,13,14). The molecule has 0 radical (unpaired) electrons. The lowest BCUT2D eigenvalue weighted by Gasteiger charge is -2.20. The number of hydrogen-bond acceptors (Lipinski definition) is 4. The smallest absolute Gasteiger partial charge is 0.272 e. The van der Waals surface area contributed by atoms with Crippen molar-refractivity contribution in [2.24, 2.45) is 0 Å². The summed E-state index contributed by atoms with van der Waals surface area (Å²) in [4.78, 5) is 11.8. The minimum absolute atomic E-state index is 0.00328. The molecule has 0 aliphatic heterocycles. The van der Waals surface area contributed by atoms with Gasteiger partial charge < -0.3 is 10.4 Å². The van der Waals surface area contributed by atoms with Crippen LogP contribution in [0.3, 0.4) is 0 Å². The van der Waals surface area contributed by atoms with Crippen LogP contribution < -0.4 is 5.32 Å². The van der Waals surface area contributed by atoms with Gasteiger partial charge in [-0.3, -0.25) is 9.89 Å². The Labute approximate surface area is 105 Å². The maximum absolute atomic E-state index is 11.8. The molecule has 0 saturated heterocycles. The van der Waals surface area contributed by atoms with Crippen LogP contribution in [0.5, 0.6) is 0 Å². The van der Waals surface area contributed by atoms with E-state index in [-0.39, 0.29) is 23.8 Å². The molecule has 0 aliphatic carbocycles. The van der Waals surface area contributed by atoms with Crippen LogP contribution in [0, 0.1) is 0 Å². The first-order valence-electron chi connectivity index (χ1n) is 5.61. The number of rotatable bonds is 6. The molecule has 96 valence electrons. The van der Waals surface area contributed by atoms with Gasteiger partial charge in [0.2, 0.25) is 0 Å². The molecule has 0 spiro atoms. The van der Waals surface area contributed by atoms with E-state index >= 15 is 0 Å². The third-order valence-electron chi connectivity index (χ3n) is 2.64. The van der Waals surface area contributed by atoms with Gasteiger partial charge in [0.1, 0.15) is 5.69 Å². The fourth-order valence-electron chi connectivity index (χ4n) is 1.47. The van der Waals surface area contributed by atoms with Gasteiger partial charge in [0, 0.05) is 17.0 Å². The second-order valence-corrected chi connectivity index (χ2v) is 4.93. The minimum Gasteiger partial charge on any atom is -0.395 e. The van der Waals surface area contributed by atoms with Gasteiger partial charge in [0.05, 0.1) is 6.61 Å². The van der Waals surface area contributed by atoms with Crippen molar-refractivity contribution in [3.05, 3.63) is 17.5 Å². The molecule has 0 aromatic carbocycles. The summed E-state index contributed by atoms with van der Waals surface area (Å²) >= 11 is 1.53. The van der Waals surface area contributed by atoms with E-state index in [0.717, 1.165) is 12.1 Å². The summed E-state index contributed by atoms with van der Waals surface area (Å²) in [5.41, 5.74) is 1.33. The molecule has 0 saturated carbocycles. The number of amides is 1. The summed E-state index contributed by atoms with van der Waals surface area (Å²) in [5.74, 6) is -0.207. The number of aliphatic hydroxyl groups excluding tert-OH is 1. The number of thioether (sulfide) groups is 1. The van der Waals surface area contributed by atoms with Crippen LogP contribution in [0.4, 0.5) is 0 Å². The number of nitrogens with one attached hydrogen (secondary N) is 2. The van der Waals surface area contributed by atoms with Gasteiger partial charge in [0.15, 0.2) is 0 Å². The molecule has 1 heterocycles. The molecule has 0 aliphatic rings. The van der Waals surface area contributed by atoms with E-state index in [1.807, 2.05) is 20.1 Å². The largest absolute Gasteiger partial charge is 0.395 e. The van der Waals surface area contributed by atoms with Crippen molar-refractivity contribution in [3.8, 4) is 0 Å². The lowest BCUT2D eigenvalue weighted by molar-refractivity contribution is 0.0931. The highest BCUT2D eigenvalue weighted by atomic mass is 32.2. The summed E-state index contributed by atoms with van der Waals surface area (Å²) in [7, 11) is 0. The Morgan fingerprint density at radius 3 is 2.88 bits per heavy atom. The Bertz CT molecular complexity index is 363. The van der Waals surface area contributed by atoms with Crippen LogP contribution in [0.1, 0.15) is 30.0 Å². The molecular weight excluding hydrogens is 238 g/mol. The quantitative estimate of drug-likeness (QED) is 0.705. The summed E-state index contributed by atoms with van der Waals surface area (Å²) in [5, 5.41) is 18.7. The van der Waals surface area contributed by atoms with Crippen molar-refractivity contribution < 1.29 is 9.90 Å². The number of aromatic nitrogens is 2. The normalized spacial score (nSPS) is 14.4. The summed E-state index contributed by atoms with van der Waals surface area (Å²) in [6.45, 7) is 3.92. The van der Waals surface area contributed by atoms with Gasteiger partial charge in [-0.1, -0.05) is 6.92 Å². The fraction of sp³-hybridized carbons (Fsp3) is 0.636. The van der Waals surface area contributed by atoms with Crippen molar-refractivity contribution in [1.82, 2.24) is 15.5 Å². The van der Waals surface area contributed by atoms with Crippen molar-refractivity contribution in [2.45, 2.75) is 31.6 Å². The minimum atomic E-state index is -0.207. The number of hydrogen-bond donors (Lipinski definition) is 3. The summed E-state index contributed by atoms with van der Waals surface area (Å²) in [6.07, 6.45) is 2.73. The SMILES string of the molecule is CCc1cc(C(=O)NC(C)C(CO)SC)n[nH]1. The Morgan fingerprint density at radius 1 is 1.71 bits per heavy atom. The molecule has 17 heavy (non-hydrogen) atoms. The zero-order valence-electron chi connectivity index (χ0n) is 10.4. The molecule has 1 rings (SSSR count). The zero-order valence-corrected chi connectivity index (χ0v) is 11.2. The molecule has 1 aromatic heterocycles. The average molecular weight is 257 g/mol. The van der Waals surface area contributed by atoms with Gasteiger partial charge in [-0.2, -0.15) is 16.9 Å².